The van der Waals surface area contributed by atoms with Gasteiger partial charge >= 0.3 is 0 Å². The Balaban J connectivity index is 2.87. The third-order valence-corrected chi connectivity index (χ3v) is 4.85. The molecule has 0 radical (unpaired) electrons. The summed E-state index contributed by atoms with van der Waals surface area (Å²) in [6.07, 6.45) is 0. The summed E-state index contributed by atoms with van der Waals surface area (Å²) in [6, 6.07) is 4.86. The average molecular weight is 229 g/mol. The lowest BCUT2D eigenvalue weighted by molar-refractivity contribution is 0.603. The Morgan fingerprint density at radius 1 is 1.21 bits per heavy atom. The minimum absolute atomic E-state index is 0.372. The van der Waals surface area contributed by atoms with Crippen LogP contribution in [0.2, 0.25) is 5.02 Å². The van der Waals surface area contributed by atoms with Crippen LogP contribution in [0.3, 0.4) is 0 Å². The first-order valence-corrected chi connectivity index (χ1v) is 6.03. The van der Waals surface area contributed by atoms with Gasteiger partial charge in [0.15, 0.2) is 0 Å². The highest BCUT2D eigenvalue weighted by atomic mass is 35.5. The van der Waals surface area contributed by atoms with E-state index in [1.165, 1.54) is 0 Å². The summed E-state index contributed by atoms with van der Waals surface area (Å²) in [4.78, 5) is 0.798. The number of hydrogen-bond donors (Lipinski definition) is 0. The first kappa shape index (κ1) is 9.74. The first-order chi connectivity index (χ1) is 6.44. The van der Waals surface area contributed by atoms with Crippen LogP contribution in [-0.4, -0.2) is 8.42 Å². The largest absolute Gasteiger partial charge is 0.219 e. The van der Waals surface area contributed by atoms with Crippen LogP contribution in [0.15, 0.2) is 28.0 Å². The van der Waals surface area contributed by atoms with Crippen LogP contribution in [0.1, 0.15) is 19.4 Å². The lowest BCUT2D eigenvalue weighted by Crippen LogP contribution is -1.97. The lowest BCUT2D eigenvalue weighted by Gasteiger charge is -1.99. The monoisotopic (exact) mass is 228 g/mol. The molecule has 14 heavy (non-hydrogen) atoms. The highest BCUT2D eigenvalue weighted by Crippen LogP contribution is 2.39. The highest BCUT2D eigenvalue weighted by molar-refractivity contribution is 7.95. The fourth-order valence-corrected chi connectivity index (χ4v) is 3.35. The van der Waals surface area contributed by atoms with E-state index < -0.39 is 9.84 Å². The molecule has 74 valence electrons. The quantitative estimate of drug-likeness (QED) is 0.684. The summed E-state index contributed by atoms with van der Waals surface area (Å²) < 4.78 is 23.6. The number of rotatable bonds is 0. The molecule has 0 amide bonds. The van der Waals surface area contributed by atoms with Crippen LogP contribution >= 0.6 is 11.6 Å². The van der Waals surface area contributed by atoms with Gasteiger partial charge in [-0.05, 0) is 43.2 Å². The van der Waals surface area contributed by atoms with E-state index in [9.17, 15) is 8.42 Å². The summed E-state index contributed by atoms with van der Waals surface area (Å²) in [5, 5.41) is 0.563. The molecule has 0 spiro atoms. The van der Waals surface area contributed by atoms with Crippen LogP contribution in [-0.2, 0) is 9.84 Å². The molecule has 0 N–H and O–H groups in total. The van der Waals surface area contributed by atoms with Gasteiger partial charge in [-0.1, -0.05) is 11.6 Å². The molecule has 0 saturated heterocycles. The summed E-state index contributed by atoms with van der Waals surface area (Å²) in [5.74, 6) is 0. The van der Waals surface area contributed by atoms with Gasteiger partial charge in [0.25, 0.3) is 0 Å². The zero-order valence-electron chi connectivity index (χ0n) is 7.83. The van der Waals surface area contributed by atoms with Crippen molar-refractivity contribution >= 4 is 27.0 Å². The van der Waals surface area contributed by atoms with E-state index in [1.54, 1.807) is 32.0 Å². The van der Waals surface area contributed by atoms with Gasteiger partial charge in [-0.2, -0.15) is 0 Å². The Morgan fingerprint density at radius 3 is 2.50 bits per heavy atom. The van der Waals surface area contributed by atoms with Crippen molar-refractivity contribution < 1.29 is 8.42 Å². The molecule has 2 nitrogen and oxygen atoms in total. The van der Waals surface area contributed by atoms with Gasteiger partial charge in [-0.25, -0.2) is 8.42 Å². The van der Waals surface area contributed by atoms with E-state index in [2.05, 4.69) is 0 Å². The van der Waals surface area contributed by atoms with Gasteiger partial charge < -0.3 is 0 Å². The van der Waals surface area contributed by atoms with Crippen molar-refractivity contribution in [1.29, 1.82) is 0 Å². The summed E-state index contributed by atoms with van der Waals surface area (Å²) in [7, 11) is -3.23. The van der Waals surface area contributed by atoms with E-state index in [1.807, 2.05) is 0 Å². The van der Waals surface area contributed by atoms with E-state index in [-0.39, 0.29) is 0 Å². The third kappa shape index (κ3) is 1.12. The van der Waals surface area contributed by atoms with Crippen LogP contribution in [0, 0.1) is 0 Å². The molecule has 1 aliphatic rings. The molecule has 0 bridgehead atoms. The fraction of sp³-hybridized carbons (Fsp3) is 0.200. The predicted molar refractivity (Wildman–Crippen MR) is 56.9 cm³/mol. The second-order valence-corrected chi connectivity index (χ2v) is 5.82. The number of fused-ring (bicyclic) bond motifs is 1. The van der Waals surface area contributed by atoms with Crippen molar-refractivity contribution in [1.82, 2.24) is 0 Å². The second kappa shape index (κ2) is 2.84. The van der Waals surface area contributed by atoms with E-state index in [4.69, 9.17) is 11.6 Å². The Morgan fingerprint density at radius 2 is 1.86 bits per heavy atom. The van der Waals surface area contributed by atoms with Crippen molar-refractivity contribution in [2.75, 3.05) is 0 Å². The topological polar surface area (TPSA) is 34.1 Å². The molecule has 1 heterocycles. The molecule has 0 aromatic heterocycles. The molecule has 1 aromatic carbocycles. The number of allylic oxidation sites excluding steroid dienone is 2. The van der Waals surface area contributed by atoms with Gasteiger partial charge in [0, 0.05) is 9.93 Å². The average Bonchev–Trinajstić information content (AvgIpc) is 2.28. The van der Waals surface area contributed by atoms with Crippen LogP contribution in [0.5, 0.6) is 0 Å². The van der Waals surface area contributed by atoms with E-state index in [0.717, 1.165) is 11.1 Å². The zero-order chi connectivity index (χ0) is 10.5. The van der Waals surface area contributed by atoms with Crippen LogP contribution in [0.4, 0.5) is 0 Å². The normalized spacial score (nSPS) is 18.5. The smallest absolute Gasteiger partial charge is 0.203 e. The van der Waals surface area contributed by atoms with Crippen molar-refractivity contribution in [3.63, 3.8) is 0 Å². The maximum Gasteiger partial charge on any atom is 0.203 e. The van der Waals surface area contributed by atoms with Gasteiger partial charge in [-0.3, -0.25) is 0 Å². The molecule has 2 rings (SSSR count). The molecular weight excluding hydrogens is 220 g/mol. The summed E-state index contributed by atoms with van der Waals surface area (Å²) in [6.45, 7) is 3.42. The minimum atomic E-state index is -3.23. The van der Waals surface area contributed by atoms with Crippen molar-refractivity contribution in [3.8, 4) is 0 Å². The van der Waals surface area contributed by atoms with Gasteiger partial charge in [-0.15, -0.1) is 0 Å². The molecule has 0 unspecified atom stereocenters. The highest BCUT2D eigenvalue weighted by Gasteiger charge is 2.30. The lowest BCUT2D eigenvalue weighted by atomic mass is 10.1. The molecule has 0 fully saturated rings. The number of benzene rings is 1. The SMILES string of the molecule is CC1=C(C)S(=O)(=O)c2ccc(Cl)cc21. The molecule has 4 heteroatoms. The van der Waals surface area contributed by atoms with Crippen LogP contribution in [0.25, 0.3) is 5.57 Å². The number of halogens is 1. The molecule has 1 aromatic rings. The third-order valence-electron chi connectivity index (χ3n) is 2.57. The minimum Gasteiger partial charge on any atom is -0.219 e. The van der Waals surface area contributed by atoms with E-state index in [0.29, 0.717) is 14.8 Å². The maximum atomic E-state index is 11.8. The predicted octanol–water partition coefficient (Wildman–Crippen LogP) is 2.88. The molecule has 1 aliphatic heterocycles. The Kier molecular flexibility index (Phi) is 1.98. The van der Waals surface area contributed by atoms with Crippen molar-refractivity contribution in [2.45, 2.75) is 18.7 Å². The summed E-state index contributed by atoms with van der Waals surface area (Å²) >= 11 is 5.81. The Bertz CT molecular complexity index is 541. The fourth-order valence-electron chi connectivity index (χ4n) is 1.59. The molecule has 0 aliphatic carbocycles. The Labute approximate surface area is 88.1 Å². The standard InChI is InChI=1S/C10H9ClO2S/c1-6-7(2)14(12,13)10-4-3-8(11)5-9(6)10/h3-5H,1-2H3. The summed E-state index contributed by atoms with van der Waals surface area (Å²) in [5.41, 5.74) is 1.53. The molecule has 0 saturated carbocycles. The van der Waals surface area contributed by atoms with Crippen molar-refractivity contribution in [3.05, 3.63) is 33.7 Å². The van der Waals surface area contributed by atoms with Gasteiger partial charge in [0.05, 0.1) is 4.90 Å². The maximum absolute atomic E-state index is 11.8. The van der Waals surface area contributed by atoms with E-state index >= 15 is 0 Å². The number of sulfone groups is 1. The van der Waals surface area contributed by atoms with Gasteiger partial charge in [0.2, 0.25) is 9.84 Å². The Hall–Kier alpha value is -0.800. The number of hydrogen-bond acceptors (Lipinski definition) is 2. The second-order valence-electron chi connectivity index (χ2n) is 3.33. The first-order valence-electron chi connectivity index (χ1n) is 4.17. The van der Waals surface area contributed by atoms with Gasteiger partial charge in [0.1, 0.15) is 0 Å². The van der Waals surface area contributed by atoms with Crippen molar-refractivity contribution in [2.24, 2.45) is 0 Å². The molecule has 0 atom stereocenters. The molecular formula is C10H9ClO2S. The zero-order valence-corrected chi connectivity index (χ0v) is 9.41. The van der Waals surface area contributed by atoms with Crippen LogP contribution < -0.4 is 0 Å².